The van der Waals surface area contributed by atoms with Gasteiger partial charge in [-0.3, -0.25) is 5.43 Å². The maximum atomic E-state index is 12.3. The second kappa shape index (κ2) is 9.38. The minimum atomic E-state index is -0.495. The molecule has 0 heterocycles. The van der Waals surface area contributed by atoms with Crippen LogP contribution in [0, 0.1) is 0 Å². The van der Waals surface area contributed by atoms with Crippen LogP contribution in [0.3, 0.4) is 0 Å². The average Bonchev–Trinajstić information content (AvgIpc) is 2.63. The Labute approximate surface area is 156 Å². The van der Waals surface area contributed by atoms with E-state index >= 15 is 0 Å². The number of nitrogens with two attached hydrogens (primary N) is 1. The third kappa shape index (κ3) is 5.45. The fourth-order valence-electron chi connectivity index (χ4n) is 2.01. The molecule has 2 aromatic rings. The Morgan fingerprint density at radius 2 is 1.96 bits per heavy atom. The van der Waals surface area contributed by atoms with Gasteiger partial charge in [-0.25, -0.2) is 4.79 Å². The number of methoxy groups -OCH3 is 1. The van der Waals surface area contributed by atoms with Crippen molar-refractivity contribution in [3.8, 4) is 17.2 Å². The summed E-state index contributed by atoms with van der Waals surface area (Å²) < 4.78 is 16.1. The number of ether oxygens (including phenoxy) is 3. The molecule has 0 saturated heterocycles. The molecule has 0 aliphatic carbocycles. The van der Waals surface area contributed by atoms with Crippen LogP contribution >= 0.6 is 12.2 Å². The fourth-order valence-corrected chi connectivity index (χ4v) is 2.07. The predicted molar refractivity (Wildman–Crippen MR) is 103 cm³/mol. The Hall–Kier alpha value is -3.13. The molecule has 0 spiro atoms. The van der Waals surface area contributed by atoms with Gasteiger partial charge in [0.1, 0.15) is 5.75 Å². The van der Waals surface area contributed by atoms with Crippen LogP contribution in [0.2, 0.25) is 0 Å². The van der Waals surface area contributed by atoms with Crippen molar-refractivity contribution in [1.29, 1.82) is 0 Å². The highest BCUT2D eigenvalue weighted by molar-refractivity contribution is 7.80. The van der Waals surface area contributed by atoms with Gasteiger partial charge in [0.15, 0.2) is 16.6 Å². The highest BCUT2D eigenvalue weighted by Crippen LogP contribution is 2.29. The van der Waals surface area contributed by atoms with E-state index in [2.05, 4.69) is 22.7 Å². The normalized spacial score (nSPS) is 10.4. The van der Waals surface area contributed by atoms with Crippen LogP contribution in [0.1, 0.15) is 22.8 Å². The standard InChI is InChI=1S/C18H19N3O4S/c1-3-24-16-10-12(11-20-21-18(19)26)4-9-15(16)25-17(22)13-5-7-14(23-2)8-6-13/h4-11H,3H2,1-2H3,(H3,19,21,26)/b20-11+. The average molecular weight is 373 g/mol. The zero-order chi connectivity index (χ0) is 18.9. The van der Waals surface area contributed by atoms with Crippen molar-refractivity contribution >= 4 is 29.5 Å². The van der Waals surface area contributed by atoms with Crippen molar-refractivity contribution in [2.24, 2.45) is 10.8 Å². The highest BCUT2D eigenvalue weighted by atomic mass is 32.1. The molecule has 0 unspecified atom stereocenters. The van der Waals surface area contributed by atoms with Crippen molar-refractivity contribution < 1.29 is 19.0 Å². The summed E-state index contributed by atoms with van der Waals surface area (Å²) in [5, 5.41) is 3.95. The molecule has 0 saturated carbocycles. The number of hydrogen-bond donors (Lipinski definition) is 2. The van der Waals surface area contributed by atoms with Gasteiger partial charge in [-0.2, -0.15) is 5.10 Å². The molecule has 0 fully saturated rings. The molecule has 3 N–H and O–H groups in total. The molecule has 0 amide bonds. The first-order valence-corrected chi connectivity index (χ1v) is 8.16. The summed E-state index contributed by atoms with van der Waals surface area (Å²) in [6.07, 6.45) is 1.52. The first-order chi connectivity index (χ1) is 12.5. The van der Waals surface area contributed by atoms with E-state index < -0.39 is 5.97 Å². The van der Waals surface area contributed by atoms with E-state index in [1.807, 2.05) is 6.92 Å². The van der Waals surface area contributed by atoms with E-state index in [9.17, 15) is 4.79 Å². The van der Waals surface area contributed by atoms with E-state index in [0.29, 0.717) is 29.4 Å². The van der Waals surface area contributed by atoms with Gasteiger partial charge < -0.3 is 19.9 Å². The van der Waals surface area contributed by atoms with Crippen molar-refractivity contribution in [2.75, 3.05) is 13.7 Å². The van der Waals surface area contributed by atoms with Crippen LogP contribution in [0.5, 0.6) is 17.2 Å². The van der Waals surface area contributed by atoms with E-state index in [1.165, 1.54) is 6.21 Å². The van der Waals surface area contributed by atoms with Crippen molar-refractivity contribution in [3.63, 3.8) is 0 Å². The number of carbonyl (C=O) groups excluding carboxylic acids is 1. The number of hydrogen-bond acceptors (Lipinski definition) is 6. The van der Waals surface area contributed by atoms with Crippen LogP contribution in [0.25, 0.3) is 0 Å². The molecule has 0 radical (unpaired) electrons. The van der Waals surface area contributed by atoms with Crippen molar-refractivity contribution in [1.82, 2.24) is 5.43 Å². The maximum absolute atomic E-state index is 12.3. The maximum Gasteiger partial charge on any atom is 0.343 e. The largest absolute Gasteiger partial charge is 0.497 e. The minimum absolute atomic E-state index is 0.0660. The molecule has 0 aromatic heterocycles. The Bertz CT molecular complexity index is 807. The summed E-state index contributed by atoms with van der Waals surface area (Å²) >= 11 is 4.67. The van der Waals surface area contributed by atoms with Gasteiger partial charge >= 0.3 is 5.97 Å². The van der Waals surface area contributed by atoms with Crippen LogP contribution in [-0.2, 0) is 0 Å². The molecule has 2 aromatic carbocycles. The third-order valence-electron chi connectivity index (χ3n) is 3.18. The van der Waals surface area contributed by atoms with Gasteiger partial charge in [-0.05, 0) is 67.2 Å². The molecule has 0 aliphatic rings. The van der Waals surface area contributed by atoms with E-state index in [1.54, 1.807) is 49.6 Å². The van der Waals surface area contributed by atoms with E-state index in [4.69, 9.17) is 19.9 Å². The number of nitrogens with zero attached hydrogens (tertiary/aromatic N) is 1. The number of esters is 1. The van der Waals surface area contributed by atoms with Gasteiger partial charge in [0.05, 0.1) is 25.5 Å². The number of rotatable bonds is 7. The lowest BCUT2D eigenvalue weighted by atomic mass is 10.2. The van der Waals surface area contributed by atoms with Crippen LogP contribution in [0.15, 0.2) is 47.6 Å². The van der Waals surface area contributed by atoms with Gasteiger partial charge in [-0.1, -0.05) is 0 Å². The SMILES string of the molecule is CCOc1cc(/C=N/NC(N)=S)ccc1OC(=O)c1ccc(OC)cc1. The predicted octanol–water partition coefficient (Wildman–Crippen LogP) is 2.48. The third-order valence-corrected chi connectivity index (χ3v) is 3.28. The Morgan fingerprint density at radius 1 is 1.23 bits per heavy atom. The summed E-state index contributed by atoms with van der Waals surface area (Å²) in [4.78, 5) is 12.3. The van der Waals surface area contributed by atoms with Gasteiger partial charge in [0, 0.05) is 0 Å². The van der Waals surface area contributed by atoms with Crippen LogP contribution in [0.4, 0.5) is 0 Å². The molecule has 8 heteroatoms. The lowest BCUT2D eigenvalue weighted by Gasteiger charge is -2.11. The Kier molecular flexibility index (Phi) is 6.92. The van der Waals surface area contributed by atoms with Crippen molar-refractivity contribution in [3.05, 3.63) is 53.6 Å². The van der Waals surface area contributed by atoms with E-state index in [-0.39, 0.29) is 5.11 Å². The number of carbonyl (C=O) groups is 1. The monoisotopic (exact) mass is 373 g/mol. The molecule has 7 nitrogen and oxygen atoms in total. The Morgan fingerprint density at radius 3 is 2.58 bits per heavy atom. The Balaban J connectivity index is 2.17. The summed E-state index contributed by atoms with van der Waals surface area (Å²) in [7, 11) is 1.56. The van der Waals surface area contributed by atoms with Crippen LogP contribution in [-0.4, -0.2) is 31.0 Å². The molecule has 26 heavy (non-hydrogen) atoms. The second-order valence-corrected chi connectivity index (χ2v) is 5.43. The molecule has 0 bridgehead atoms. The summed E-state index contributed by atoms with van der Waals surface area (Å²) in [6.45, 7) is 2.25. The zero-order valence-electron chi connectivity index (χ0n) is 14.4. The summed E-state index contributed by atoms with van der Waals surface area (Å²) in [6, 6.07) is 11.7. The highest BCUT2D eigenvalue weighted by Gasteiger charge is 2.13. The lowest BCUT2D eigenvalue weighted by Crippen LogP contribution is -2.23. The number of hydrazone groups is 1. The zero-order valence-corrected chi connectivity index (χ0v) is 15.2. The molecule has 0 atom stereocenters. The molecule has 136 valence electrons. The fraction of sp³-hybridized carbons (Fsp3) is 0.167. The first-order valence-electron chi connectivity index (χ1n) is 7.75. The van der Waals surface area contributed by atoms with Gasteiger partial charge in [-0.15, -0.1) is 0 Å². The van der Waals surface area contributed by atoms with E-state index in [0.717, 1.165) is 5.56 Å². The molecular weight excluding hydrogens is 354 g/mol. The smallest absolute Gasteiger partial charge is 0.343 e. The van der Waals surface area contributed by atoms with Crippen LogP contribution < -0.4 is 25.4 Å². The molecule has 0 aliphatic heterocycles. The van der Waals surface area contributed by atoms with Gasteiger partial charge in [0.2, 0.25) is 0 Å². The number of benzene rings is 2. The lowest BCUT2D eigenvalue weighted by molar-refractivity contribution is 0.0728. The number of nitrogens with one attached hydrogen (secondary N) is 1. The number of thiocarbonyl (C=S) groups is 1. The first kappa shape index (κ1) is 19.2. The molecular formula is C18H19N3O4S. The minimum Gasteiger partial charge on any atom is -0.497 e. The van der Waals surface area contributed by atoms with Crippen molar-refractivity contribution in [2.45, 2.75) is 6.92 Å². The molecule has 2 rings (SSSR count). The summed E-state index contributed by atoms with van der Waals surface area (Å²) in [5.41, 5.74) is 8.89. The topological polar surface area (TPSA) is 95.2 Å². The second-order valence-electron chi connectivity index (χ2n) is 4.99. The summed E-state index contributed by atoms with van der Waals surface area (Å²) in [5.74, 6) is 0.900. The quantitative estimate of drug-likeness (QED) is 0.253. The van der Waals surface area contributed by atoms with Gasteiger partial charge in [0.25, 0.3) is 0 Å².